The summed E-state index contributed by atoms with van der Waals surface area (Å²) in [5, 5.41) is 4.41. The highest BCUT2D eigenvalue weighted by atomic mass is 35.5. The molecular weight excluding hydrogens is 398 g/mol. The minimum atomic E-state index is -0.313. The summed E-state index contributed by atoms with van der Waals surface area (Å²) in [5.74, 6) is -0.313. The molecule has 2 aromatic carbocycles. The molecule has 1 fully saturated rings. The van der Waals surface area contributed by atoms with Gasteiger partial charge in [0.2, 0.25) is 0 Å². The van der Waals surface area contributed by atoms with E-state index in [1.54, 1.807) is 6.07 Å². The van der Waals surface area contributed by atoms with Crippen molar-refractivity contribution in [1.82, 2.24) is 4.98 Å². The standard InChI is InChI=1S/C24H27N3O2.ClH/c1-3-29-24(28)18-7-12-22-21(16-18)23(15-17(2)25-22)26-19-8-10-20(11-9-19)27-13-5-4-6-14-27;/h7-12,15-16H,3-6,13-14H2,1-2H3,(H,25,26);1H/p-1. The van der Waals surface area contributed by atoms with Gasteiger partial charge in [-0.05, 0) is 81.6 Å². The third-order valence-corrected chi connectivity index (χ3v) is 5.32. The summed E-state index contributed by atoms with van der Waals surface area (Å²) < 4.78 is 5.15. The predicted octanol–water partition coefficient (Wildman–Crippen LogP) is 2.46. The fourth-order valence-electron chi connectivity index (χ4n) is 3.87. The van der Waals surface area contributed by atoms with Crippen LogP contribution in [0, 0.1) is 6.92 Å². The number of pyridine rings is 1. The zero-order chi connectivity index (χ0) is 20.2. The fourth-order valence-corrected chi connectivity index (χ4v) is 3.87. The van der Waals surface area contributed by atoms with Crippen molar-refractivity contribution in [3.63, 3.8) is 0 Å². The van der Waals surface area contributed by atoms with Gasteiger partial charge in [-0.2, -0.15) is 0 Å². The van der Waals surface area contributed by atoms with Crippen LogP contribution in [-0.4, -0.2) is 30.6 Å². The van der Waals surface area contributed by atoms with E-state index in [1.807, 2.05) is 32.0 Å². The number of hydrogen-bond acceptors (Lipinski definition) is 5. The Balaban J connectivity index is 0.00000256. The zero-order valence-corrected chi connectivity index (χ0v) is 18.2. The van der Waals surface area contributed by atoms with Gasteiger partial charge < -0.3 is 27.4 Å². The van der Waals surface area contributed by atoms with Crippen molar-refractivity contribution in [3.05, 3.63) is 59.8 Å². The molecule has 6 heteroatoms. The molecule has 1 aliphatic rings. The van der Waals surface area contributed by atoms with Crippen molar-refractivity contribution in [2.75, 3.05) is 29.9 Å². The normalized spacial score (nSPS) is 13.6. The molecule has 0 spiro atoms. The topological polar surface area (TPSA) is 54.5 Å². The number of aryl methyl sites for hydroxylation is 1. The molecule has 1 aliphatic heterocycles. The fraction of sp³-hybridized carbons (Fsp3) is 0.333. The molecule has 0 aliphatic carbocycles. The summed E-state index contributed by atoms with van der Waals surface area (Å²) in [4.78, 5) is 19.2. The number of nitrogens with zero attached hydrogens (tertiary/aromatic N) is 2. The van der Waals surface area contributed by atoms with Crippen LogP contribution in [0.1, 0.15) is 42.2 Å². The maximum Gasteiger partial charge on any atom is 0.338 e. The van der Waals surface area contributed by atoms with Crippen LogP contribution < -0.4 is 22.6 Å². The quantitative estimate of drug-likeness (QED) is 0.638. The summed E-state index contributed by atoms with van der Waals surface area (Å²) >= 11 is 0. The average molecular weight is 425 g/mol. The summed E-state index contributed by atoms with van der Waals surface area (Å²) in [6.07, 6.45) is 3.87. The lowest BCUT2D eigenvalue weighted by molar-refractivity contribution is -0.0000239. The van der Waals surface area contributed by atoms with E-state index in [1.165, 1.54) is 24.9 Å². The number of halogens is 1. The molecule has 0 unspecified atom stereocenters. The van der Waals surface area contributed by atoms with Crippen molar-refractivity contribution in [1.29, 1.82) is 0 Å². The maximum absolute atomic E-state index is 12.1. The number of benzene rings is 2. The number of hydrogen-bond donors (Lipinski definition) is 1. The van der Waals surface area contributed by atoms with E-state index in [0.717, 1.165) is 41.1 Å². The van der Waals surface area contributed by atoms with Crippen molar-refractivity contribution >= 4 is 33.9 Å². The smallest absolute Gasteiger partial charge is 0.338 e. The van der Waals surface area contributed by atoms with E-state index in [4.69, 9.17) is 4.74 Å². The lowest BCUT2D eigenvalue weighted by Gasteiger charge is -2.28. The minimum absolute atomic E-state index is 0. The first-order chi connectivity index (χ1) is 14.1. The van der Waals surface area contributed by atoms with Crippen molar-refractivity contribution in [2.45, 2.75) is 33.1 Å². The molecule has 0 radical (unpaired) electrons. The molecule has 0 atom stereocenters. The largest absolute Gasteiger partial charge is 1.00 e. The lowest BCUT2D eigenvalue weighted by Crippen LogP contribution is -3.00. The SMILES string of the molecule is CCOC(=O)c1ccc2nc(C)cc(Nc3ccc(N4CCCCC4)cc3)c2c1.[Cl-]. The lowest BCUT2D eigenvalue weighted by atomic mass is 10.1. The molecule has 1 saturated heterocycles. The second-order valence-corrected chi connectivity index (χ2v) is 7.48. The summed E-state index contributed by atoms with van der Waals surface area (Å²) in [5.41, 5.74) is 5.53. The van der Waals surface area contributed by atoms with Gasteiger partial charge in [-0.15, -0.1) is 0 Å². The summed E-state index contributed by atoms with van der Waals surface area (Å²) in [6, 6.07) is 16.1. The number of rotatable bonds is 5. The highest BCUT2D eigenvalue weighted by Gasteiger charge is 2.13. The molecular formula is C24H27ClN3O2-. The number of piperidine rings is 1. The number of nitrogens with one attached hydrogen (secondary N) is 1. The van der Waals surface area contributed by atoms with Gasteiger partial charge in [0.25, 0.3) is 0 Å². The van der Waals surface area contributed by atoms with E-state index in [0.29, 0.717) is 12.2 Å². The molecule has 2 heterocycles. The summed E-state index contributed by atoms with van der Waals surface area (Å²) in [6.45, 7) is 6.42. The first-order valence-corrected chi connectivity index (χ1v) is 10.3. The maximum atomic E-state index is 12.1. The van der Waals surface area contributed by atoms with Gasteiger partial charge in [0, 0.05) is 41.2 Å². The van der Waals surface area contributed by atoms with E-state index in [9.17, 15) is 4.79 Å². The number of anilines is 3. The Hall–Kier alpha value is -2.79. The van der Waals surface area contributed by atoms with Gasteiger partial charge in [0.1, 0.15) is 0 Å². The Labute approximate surface area is 183 Å². The van der Waals surface area contributed by atoms with Crippen LogP contribution in [0.3, 0.4) is 0 Å². The Kier molecular flexibility index (Phi) is 7.16. The molecule has 158 valence electrons. The van der Waals surface area contributed by atoms with Crippen LogP contribution in [0.25, 0.3) is 10.9 Å². The van der Waals surface area contributed by atoms with Crippen LogP contribution in [0.5, 0.6) is 0 Å². The third-order valence-electron chi connectivity index (χ3n) is 5.32. The van der Waals surface area contributed by atoms with Crippen molar-refractivity contribution < 1.29 is 21.9 Å². The van der Waals surface area contributed by atoms with Gasteiger partial charge >= 0.3 is 5.97 Å². The van der Waals surface area contributed by atoms with Gasteiger partial charge in [-0.3, -0.25) is 4.98 Å². The van der Waals surface area contributed by atoms with Crippen LogP contribution in [0.15, 0.2) is 48.5 Å². The molecule has 0 bridgehead atoms. The molecule has 0 saturated carbocycles. The molecule has 3 aromatic rings. The van der Waals surface area contributed by atoms with Gasteiger partial charge in [0.15, 0.2) is 0 Å². The van der Waals surface area contributed by atoms with Crippen LogP contribution in [0.2, 0.25) is 0 Å². The first kappa shape index (κ1) is 21.9. The Bertz CT molecular complexity index is 1010. The Morgan fingerprint density at radius 3 is 2.50 bits per heavy atom. The van der Waals surface area contributed by atoms with Crippen LogP contribution in [-0.2, 0) is 4.74 Å². The van der Waals surface area contributed by atoms with Crippen LogP contribution in [0.4, 0.5) is 17.1 Å². The Morgan fingerprint density at radius 2 is 1.80 bits per heavy atom. The predicted molar refractivity (Wildman–Crippen MR) is 118 cm³/mol. The second-order valence-electron chi connectivity index (χ2n) is 7.48. The number of fused-ring (bicyclic) bond motifs is 1. The van der Waals surface area contributed by atoms with Crippen molar-refractivity contribution in [2.24, 2.45) is 0 Å². The monoisotopic (exact) mass is 424 g/mol. The molecule has 4 rings (SSSR count). The minimum Gasteiger partial charge on any atom is -1.00 e. The van der Waals surface area contributed by atoms with Crippen LogP contribution >= 0.6 is 0 Å². The molecule has 1 N–H and O–H groups in total. The molecule has 30 heavy (non-hydrogen) atoms. The van der Waals surface area contributed by atoms with Gasteiger partial charge in [-0.1, -0.05) is 0 Å². The van der Waals surface area contributed by atoms with E-state index >= 15 is 0 Å². The van der Waals surface area contributed by atoms with Crippen molar-refractivity contribution in [3.8, 4) is 0 Å². The molecule has 5 nitrogen and oxygen atoms in total. The number of esters is 1. The van der Waals surface area contributed by atoms with E-state index in [-0.39, 0.29) is 18.4 Å². The number of carbonyl (C=O) groups is 1. The first-order valence-electron chi connectivity index (χ1n) is 10.3. The number of aromatic nitrogens is 1. The molecule has 1 aromatic heterocycles. The summed E-state index contributed by atoms with van der Waals surface area (Å²) in [7, 11) is 0. The highest BCUT2D eigenvalue weighted by molar-refractivity contribution is 5.99. The number of carbonyl (C=O) groups excluding carboxylic acids is 1. The highest BCUT2D eigenvalue weighted by Crippen LogP contribution is 2.29. The third kappa shape index (κ3) is 4.85. The van der Waals surface area contributed by atoms with E-state index < -0.39 is 0 Å². The Morgan fingerprint density at radius 1 is 1.07 bits per heavy atom. The average Bonchev–Trinajstić information content (AvgIpc) is 2.75. The number of ether oxygens (including phenoxy) is 1. The van der Waals surface area contributed by atoms with E-state index in [2.05, 4.69) is 39.5 Å². The molecule has 0 amide bonds. The zero-order valence-electron chi connectivity index (χ0n) is 17.5. The van der Waals surface area contributed by atoms with Gasteiger partial charge in [-0.25, -0.2) is 4.79 Å². The van der Waals surface area contributed by atoms with Gasteiger partial charge in [0.05, 0.1) is 17.7 Å². The second kappa shape index (κ2) is 9.81.